The van der Waals surface area contributed by atoms with E-state index in [1.54, 1.807) is 0 Å². The zero-order chi connectivity index (χ0) is 12.7. The Morgan fingerprint density at radius 1 is 1.06 bits per heavy atom. The molecule has 0 aliphatic carbocycles. The van der Waals surface area contributed by atoms with Gasteiger partial charge in [-0.05, 0) is 50.2 Å². The smallest absolute Gasteiger partial charge is 0.416 e. The van der Waals surface area contributed by atoms with Gasteiger partial charge in [0.2, 0.25) is 0 Å². The van der Waals surface area contributed by atoms with E-state index >= 15 is 0 Å². The van der Waals surface area contributed by atoms with Gasteiger partial charge in [-0.25, -0.2) is 0 Å². The van der Waals surface area contributed by atoms with Crippen LogP contribution in [0.1, 0.15) is 18.4 Å². The molecular weight excluding hydrogens is 231 g/mol. The van der Waals surface area contributed by atoms with E-state index in [2.05, 4.69) is 5.32 Å². The summed E-state index contributed by atoms with van der Waals surface area (Å²) in [7, 11) is 1.41. The fourth-order valence-corrected chi connectivity index (χ4v) is 1.41. The van der Waals surface area contributed by atoms with Crippen LogP contribution in [0.2, 0.25) is 0 Å². The molecule has 2 rings (SSSR count). The second-order valence-electron chi connectivity index (χ2n) is 3.68. The lowest BCUT2D eigenvalue weighted by Gasteiger charge is -2.06. The summed E-state index contributed by atoms with van der Waals surface area (Å²) in [5.41, 5.74) is -0.664. The van der Waals surface area contributed by atoms with Crippen LogP contribution in [-0.4, -0.2) is 20.2 Å². The van der Waals surface area contributed by atoms with Crippen LogP contribution in [-0.2, 0) is 6.18 Å². The minimum Gasteiger partial charge on any atom is -0.497 e. The van der Waals surface area contributed by atoms with E-state index in [0.29, 0.717) is 5.75 Å². The Morgan fingerprint density at radius 2 is 1.59 bits per heavy atom. The van der Waals surface area contributed by atoms with Crippen LogP contribution in [0.15, 0.2) is 24.3 Å². The molecule has 1 aliphatic rings. The minimum atomic E-state index is -4.27. The molecule has 1 heterocycles. The second kappa shape index (κ2) is 6.49. The number of nitrogens with one attached hydrogen (secondary N) is 1. The van der Waals surface area contributed by atoms with Gasteiger partial charge in [-0.15, -0.1) is 0 Å². The highest BCUT2D eigenvalue weighted by molar-refractivity contribution is 5.28. The van der Waals surface area contributed by atoms with Crippen LogP contribution in [0.4, 0.5) is 13.2 Å². The Bertz CT molecular complexity index is 310. The molecule has 1 aromatic carbocycles. The maximum absolute atomic E-state index is 12.0. The van der Waals surface area contributed by atoms with Gasteiger partial charge in [0.15, 0.2) is 0 Å². The normalized spacial score (nSPS) is 15.1. The molecule has 0 amide bonds. The number of benzene rings is 1. The summed E-state index contributed by atoms with van der Waals surface area (Å²) in [5, 5.41) is 3.22. The summed E-state index contributed by atoms with van der Waals surface area (Å²) < 4.78 is 40.7. The topological polar surface area (TPSA) is 21.3 Å². The summed E-state index contributed by atoms with van der Waals surface area (Å²) in [6, 6.07) is 4.53. The lowest BCUT2D eigenvalue weighted by molar-refractivity contribution is -0.137. The molecule has 0 unspecified atom stereocenters. The van der Waals surface area contributed by atoms with Gasteiger partial charge in [0.05, 0.1) is 12.7 Å². The van der Waals surface area contributed by atoms with Gasteiger partial charge in [0.25, 0.3) is 0 Å². The molecule has 96 valence electrons. The Morgan fingerprint density at radius 3 is 1.88 bits per heavy atom. The van der Waals surface area contributed by atoms with Gasteiger partial charge in [0.1, 0.15) is 5.75 Å². The number of halogens is 3. The van der Waals surface area contributed by atoms with E-state index < -0.39 is 11.7 Å². The van der Waals surface area contributed by atoms with Crippen molar-refractivity contribution in [2.45, 2.75) is 19.0 Å². The van der Waals surface area contributed by atoms with E-state index in [1.807, 2.05) is 0 Å². The highest BCUT2D eigenvalue weighted by atomic mass is 19.4. The number of alkyl halides is 3. The molecule has 0 bridgehead atoms. The van der Waals surface area contributed by atoms with Gasteiger partial charge in [-0.2, -0.15) is 13.2 Å². The molecule has 1 aromatic rings. The SMILES string of the molecule is C1CCNC1.COc1ccc(C(F)(F)F)cc1. The third-order valence-corrected chi connectivity index (χ3v) is 2.37. The van der Waals surface area contributed by atoms with E-state index in [1.165, 1.54) is 45.2 Å². The molecule has 5 heteroatoms. The monoisotopic (exact) mass is 247 g/mol. The molecule has 1 saturated heterocycles. The second-order valence-corrected chi connectivity index (χ2v) is 3.68. The van der Waals surface area contributed by atoms with Gasteiger partial charge in [-0.1, -0.05) is 0 Å². The lowest BCUT2D eigenvalue weighted by Crippen LogP contribution is -2.03. The fraction of sp³-hybridized carbons (Fsp3) is 0.500. The van der Waals surface area contributed by atoms with Crippen molar-refractivity contribution in [3.63, 3.8) is 0 Å². The van der Waals surface area contributed by atoms with Crippen molar-refractivity contribution in [3.8, 4) is 5.75 Å². The molecule has 0 spiro atoms. The third kappa shape index (κ3) is 5.08. The van der Waals surface area contributed by atoms with E-state index in [-0.39, 0.29) is 0 Å². The Hall–Kier alpha value is -1.23. The zero-order valence-corrected chi connectivity index (χ0v) is 9.68. The zero-order valence-electron chi connectivity index (χ0n) is 9.68. The Kier molecular flexibility index (Phi) is 5.28. The largest absolute Gasteiger partial charge is 0.497 e. The first kappa shape index (κ1) is 13.8. The van der Waals surface area contributed by atoms with E-state index in [0.717, 1.165) is 12.1 Å². The molecular formula is C12H16F3NO. The molecule has 0 saturated carbocycles. The van der Waals surface area contributed by atoms with E-state index in [4.69, 9.17) is 4.74 Å². The van der Waals surface area contributed by atoms with Gasteiger partial charge < -0.3 is 10.1 Å². The van der Waals surface area contributed by atoms with Crippen molar-refractivity contribution in [2.24, 2.45) is 0 Å². The first-order valence-electron chi connectivity index (χ1n) is 5.46. The van der Waals surface area contributed by atoms with Crippen molar-refractivity contribution in [2.75, 3.05) is 20.2 Å². The van der Waals surface area contributed by atoms with Crippen molar-refractivity contribution in [3.05, 3.63) is 29.8 Å². The first-order valence-corrected chi connectivity index (χ1v) is 5.46. The van der Waals surface area contributed by atoms with Crippen LogP contribution < -0.4 is 10.1 Å². The minimum absolute atomic E-state index is 0.419. The van der Waals surface area contributed by atoms with Gasteiger partial charge >= 0.3 is 6.18 Å². The summed E-state index contributed by atoms with van der Waals surface area (Å²) in [4.78, 5) is 0. The number of ether oxygens (including phenoxy) is 1. The highest BCUT2D eigenvalue weighted by Gasteiger charge is 2.29. The van der Waals surface area contributed by atoms with Crippen molar-refractivity contribution < 1.29 is 17.9 Å². The quantitative estimate of drug-likeness (QED) is 0.823. The molecule has 1 aliphatic heterocycles. The number of hydrogen-bond acceptors (Lipinski definition) is 2. The van der Waals surface area contributed by atoms with Gasteiger partial charge in [-0.3, -0.25) is 0 Å². The molecule has 1 fully saturated rings. The summed E-state index contributed by atoms with van der Waals surface area (Å²) in [6.45, 7) is 2.50. The van der Waals surface area contributed by atoms with Crippen LogP contribution in [0.5, 0.6) is 5.75 Å². The fourth-order valence-electron chi connectivity index (χ4n) is 1.41. The predicted octanol–water partition coefficient (Wildman–Crippen LogP) is 3.08. The maximum Gasteiger partial charge on any atom is 0.416 e. The molecule has 0 atom stereocenters. The number of methoxy groups -OCH3 is 1. The molecule has 17 heavy (non-hydrogen) atoms. The maximum atomic E-state index is 12.0. The predicted molar refractivity (Wildman–Crippen MR) is 60.1 cm³/mol. The third-order valence-electron chi connectivity index (χ3n) is 2.37. The first-order chi connectivity index (χ1) is 8.04. The van der Waals surface area contributed by atoms with Crippen LogP contribution in [0, 0.1) is 0 Å². The molecule has 0 aromatic heterocycles. The average molecular weight is 247 g/mol. The molecule has 1 N–H and O–H groups in total. The van der Waals surface area contributed by atoms with E-state index in [9.17, 15) is 13.2 Å². The van der Waals surface area contributed by atoms with Crippen molar-refractivity contribution in [1.29, 1.82) is 0 Å². The van der Waals surface area contributed by atoms with Crippen molar-refractivity contribution >= 4 is 0 Å². The summed E-state index contributed by atoms with van der Waals surface area (Å²) >= 11 is 0. The van der Waals surface area contributed by atoms with Gasteiger partial charge in [0, 0.05) is 0 Å². The highest BCUT2D eigenvalue weighted by Crippen LogP contribution is 2.29. The Balaban J connectivity index is 0.000000239. The molecule has 0 radical (unpaired) electrons. The Labute approximate surface area is 98.8 Å². The standard InChI is InChI=1S/C8H7F3O.C4H9N/c1-12-7-4-2-6(3-5-7)8(9,10)11;1-2-4-5-3-1/h2-5H,1H3;5H,1-4H2. The van der Waals surface area contributed by atoms with Crippen LogP contribution >= 0.6 is 0 Å². The van der Waals surface area contributed by atoms with Crippen molar-refractivity contribution in [1.82, 2.24) is 5.32 Å². The lowest BCUT2D eigenvalue weighted by atomic mass is 10.2. The number of hydrogen-bond donors (Lipinski definition) is 1. The average Bonchev–Trinajstić information content (AvgIpc) is 2.86. The summed E-state index contributed by atoms with van der Waals surface area (Å²) in [5.74, 6) is 0.419. The van der Waals surface area contributed by atoms with Crippen LogP contribution in [0.3, 0.4) is 0 Å². The van der Waals surface area contributed by atoms with Crippen LogP contribution in [0.25, 0.3) is 0 Å². The number of rotatable bonds is 1. The summed E-state index contributed by atoms with van der Waals surface area (Å²) in [6.07, 6.45) is -1.49. The molecule has 2 nitrogen and oxygen atoms in total.